The van der Waals surface area contributed by atoms with Crippen LogP contribution in [0, 0.1) is 18.6 Å². The number of piperidine rings is 2. The lowest BCUT2D eigenvalue weighted by Crippen LogP contribution is -2.48. The van der Waals surface area contributed by atoms with E-state index in [1.807, 2.05) is 4.90 Å². The highest BCUT2D eigenvalue weighted by atomic mass is 32.1. The van der Waals surface area contributed by atoms with Crippen LogP contribution in [0.5, 0.6) is 5.75 Å². The predicted octanol–water partition coefficient (Wildman–Crippen LogP) is 4.50. The van der Waals surface area contributed by atoms with Crippen LogP contribution in [0.3, 0.4) is 0 Å². The molecular formula is C22H27F2N3O2S. The fraction of sp³-hybridized carbons (Fsp3) is 0.545. The van der Waals surface area contributed by atoms with Gasteiger partial charge in [0.2, 0.25) is 0 Å². The van der Waals surface area contributed by atoms with Crippen molar-refractivity contribution in [1.29, 1.82) is 0 Å². The molecule has 1 aromatic carbocycles. The van der Waals surface area contributed by atoms with Crippen molar-refractivity contribution in [3.05, 3.63) is 34.3 Å². The number of rotatable bonds is 4. The number of hydrogen-bond acceptors (Lipinski definition) is 5. The molecule has 0 spiro atoms. The Hall–Kier alpha value is -2.06. The summed E-state index contributed by atoms with van der Waals surface area (Å²) in [6.07, 6.45) is 5.82. The van der Waals surface area contributed by atoms with Crippen molar-refractivity contribution in [3.8, 4) is 16.3 Å². The number of benzene rings is 1. The van der Waals surface area contributed by atoms with Crippen LogP contribution in [0.15, 0.2) is 12.1 Å². The van der Waals surface area contributed by atoms with Crippen molar-refractivity contribution in [2.45, 2.75) is 45.1 Å². The number of hydrogen-bond donors (Lipinski definition) is 0. The molecule has 8 heteroatoms. The minimum atomic E-state index is -0.658. The first kappa shape index (κ1) is 21.2. The number of nitrogens with zero attached hydrogens (tertiary/aromatic N) is 3. The first-order chi connectivity index (χ1) is 14.5. The summed E-state index contributed by atoms with van der Waals surface area (Å²) in [5.41, 5.74) is 0.595. The Morgan fingerprint density at radius 2 is 1.80 bits per heavy atom. The minimum absolute atomic E-state index is 0.0456. The van der Waals surface area contributed by atoms with E-state index in [9.17, 15) is 13.6 Å². The van der Waals surface area contributed by atoms with Gasteiger partial charge in [-0.3, -0.25) is 4.79 Å². The molecule has 2 fully saturated rings. The van der Waals surface area contributed by atoms with Gasteiger partial charge in [0, 0.05) is 30.8 Å². The smallest absolute Gasteiger partial charge is 0.265 e. The van der Waals surface area contributed by atoms with Gasteiger partial charge in [0.05, 0.1) is 12.8 Å². The van der Waals surface area contributed by atoms with Crippen molar-refractivity contribution in [2.75, 3.05) is 33.3 Å². The number of amides is 1. The molecule has 0 saturated carbocycles. The van der Waals surface area contributed by atoms with E-state index < -0.39 is 11.6 Å². The lowest BCUT2D eigenvalue weighted by atomic mass is 10.00. The molecule has 4 rings (SSSR count). The number of aryl methyl sites for hydroxylation is 1. The Morgan fingerprint density at radius 1 is 1.10 bits per heavy atom. The van der Waals surface area contributed by atoms with Crippen LogP contribution >= 0.6 is 11.3 Å². The highest BCUT2D eigenvalue weighted by Gasteiger charge is 2.30. The third-order valence-electron chi connectivity index (χ3n) is 6.12. The number of likely N-dealkylation sites (tertiary alicyclic amines) is 2. The molecule has 3 heterocycles. The third kappa shape index (κ3) is 4.21. The number of thiazole rings is 1. The zero-order valence-corrected chi connectivity index (χ0v) is 18.2. The Bertz CT molecular complexity index is 919. The van der Waals surface area contributed by atoms with Gasteiger partial charge in [-0.25, -0.2) is 13.8 Å². The van der Waals surface area contributed by atoms with Gasteiger partial charge < -0.3 is 14.5 Å². The molecule has 0 radical (unpaired) electrons. The van der Waals surface area contributed by atoms with Gasteiger partial charge in [0.1, 0.15) is 15.7 Å². The number of ether oxygens (including phenoxy) is 1. The second-order valence-corrected chi connectivity index (χ2v) is 9.02. The second-order valence-electron chi connectivity index (χ2n) is 8.02. The van der Waals surface area contributed by atoms with Gasteiger partial charge >= 0.3 is 0 Å². The summed E-state index contributed by atoms with van der Waals surface area (Å²) >= 11 is 1.12. The number of carbonyl (C=O) groups excluding carboxylic acids is 1. The molecule has 30 heavy (non-hydrogen) atoms. The average Bonchev–Trinajstić information content (AvgIpc) is 3.16. The van der Waals surface area contributed by atoms with Crippen molar-refractivity contribution in [1.82, 2.24) is 14.8 Å². The summed E-state index contributed by atoms with van der Waals surface area (Å²) in [4.78, 5) is 22.4. The van der Waals surface area contributed by atoms with E-state index >= 15 is 0 Å². The molecule has 2 aliphatic rings. The van der Waals surface area contributed by atoms with Crippen LogP contribution in [0.2, 0.25) is 0 Å². The van der Waals surface area contributed by atoms with E-state index in [1.54, 1.807) is 6.92 Å². The lowest BCUT2D eigenvalue weighted by molar-refractivity contribution is 0.0593. The Labute approximate surface area is 179 Å². The maximum atomic E-state index is 14.4. The number of carbonyl (C=O) groups is 1. The average molecular weight is 436 g/mol. The lowest BCUT2D eigenvalue weighted by Gasteiger charge is -2.40. The van der Waals surface area contributed by atoms with Crippen LogP contribution in [0.25, 0.3) is 10.6 Å². The molecule has 1 aromatic heterocycles. The molecule has 0 unspecified atom stereocenters. The Balaban J connectivity index is 1.47. The van der Waals surface area contributed by atoms with Gasteiger partial charge in [-0.05, 0) is 51.8 Å². The number of aromatic nitrogens is 1. The van der Waals surface area contributed by atoms with E-state index in [1.165, 1.54) is 39.5 Å². The molecule has 0 atom stereocenters. The summed E-state index contributed by atoms with van der Waals surface area (Å²) < 4.78 is 33.3. The van der Waals surface area contributed by atoms with Gasteiger partial charge in [-0.2, -0.15) is 0 Å². The molecule has 5 nitrogen and oxygen atoms in total. The van der Waals surface area contributed by atoms with E-state index in [0.717, 1.165) is 49.4 Å². The fourth-order valence-electron chi connectivity index (χ4n) is 4.42. The summed E-state index contributed by atoms with van der Waals surface area (Å²) in [5, 5.41) is 0.304. The second kappa shape index (κ2) is 8.98. The topological polar surface area (TPSA) is 45.7 Å². The summed E-state index contributed by atoms with van der Waals surface area (Å²) in [5.74, 6) is -1.50. The SMILES string of the molecule is COc1cc(F)c(-c2nc(C)c(C(=O)N3CCC(N4CCCCC4)CC3)s2)cc1F. The first-order valence-electron chi connectivity index (χ1n) is 10.5. The minimum Gasteiger partial charge on any atom is -0.494 e. The predicted molar refractivity (Wildman–Crippen MR) is 113 cm³/mol. The summed E-state index contributed by atoms with van der Waals surface area (Å²) in [6.45, 7) is 5.52. The Kier molecular flexibility index (Phi) is 6.34. The van der Waals surface area contributed by atoms with E-state index in [-0.39, 0.29) is 17.2 Å². The monoisotopic (exact) mass is 435 g/mol. The van der Waals surface area contributed by atoms with E-state index in [0.29, 0.717) is 21.6 Å². The summed E-state index contributed by atoms with van der Waals surface area (Å²) in [7, 11) is 1.29. The molecule has 2 aliphatic heterocycles. The molecule has 0 aliphatic carbocycles. The zero-order valence-electron chi connectivity index (χ0n) is 17.4. The van der Waals surface area contributed by atoms with Crippen LogP contribution in [-0.4, -0.2) is 60.0 Å². The largest absolute Gasteiger partial charge is 0.494 e. The number of halogens is 2. The van der Waals surface area contributed by atoms with Crippen molar-refractivity contribution in [2.24, 2.45) is 0 Å². The van der Waals surface area contributed by atoms with Crippen LogP contribution < -0.4 is 4.74 Å². The molecule has 2 saturated heterocycles. The van der Waals surface area contributed by atoms with E-state index in [4.69, 9.17) is 4.74 Å². The first-order valence-corrected chi connectivity index (χ1v) is 11.3. The fourth-order valence-corrected chi connectivity index (χ4v) is 5.47. The van der Waals surface area contributed by atoms with Crippen molar-refractivity contribution >= 4 is 17.2 Å². The zero-order chi connectivity index (χ0) is 21.3. The van der Waals surface area contributed by atoms with Gasteiger partial charge in [-0.1, -0.05) is 6.42 Å². The highest BCUT2D eigenvalue weighted by molar-refractivity contribution is 7.17. The normalized spacial score (nSPS) is 18.6. The van der Waals surface area contributed by atoms with Crippen LogP contribution in [-0.2, 0) is 0 Å². The van der Waals surface area contributed by atoms with Gasteiger partial charge in [-0.15, -0.1) is 11.3 Å². The van der Waals surface area contributed by atoms with Gasteiger partial charge in [0.25, 0.3) is 5.91 Å². The van der Waals surface area contributed by atoms with Crippen molar-refractivity contribution in [3.63, 3.8) is 0 Å². The van der Waals surface area contributed by atoms with E-state index in [2.05, 4.69) is 9.88 Å². The highest BCUT2D eigenvalue weighted by Crippen LogP contribution is 2.34. The maximum Gasteiger partial charge on any atom is 0.265 e. The van der Waals surface area contributed by atoms with Crippen LogP contribution in [0.4, 0.5) is 8.78 Å². The standard InChI is InChI=1S/C22H27F2N3O2S/c1-14-20(30-21(25-14)16-12-18(24)19(29-2)13-17(16)23)22(28)27-10-6-15(7-11-27)26-8-4-3-5-9-26/h12-13,15H,3-11H2,1-2H3. The maximum absolute atomic E-state index is 14.4. The molecule has 0 N–H and O–H groups in total. The van der Waals surface area contributed by atoms with Crippen molar-refractivity contribution < 1.29 is 18.3 Å². The van der Waals surface area contributed by atoms with Gasteiger partial charge in [0.15, 0.2) is 11.6 Å². The molecule has 0 bridgehead atoms. The molecular weight excluding hydrogens is 408 g/mol. The summed E-state index contributed by atoms with van der Waals surface area (Å²) in [6, 6.07) is 2.64. The third-order valence-corrected chi connectivity index (χ3v) is 7.30. The van der Waals surface area contributed by atoms with Crippen LogP contribution in [0.1, 0.15) is 47.5 Å². The molecule has 2 aromatic rings. The molecule has 162 valence electrons. The Morgan fingerprint density at radius 3 is 2.47 bits per heavy atom. The molecule has 1 amide bonds. The number of methoxy groups -OCH3 is 1. The quantitative estimate of drug-likeness (QED) is 0.710.